The molecule has 1 saturated carbocycles. The van der Waals surface area contributed by atoms with Gasteiger partial charge in [0.15, 0.2) is 0 Å². The molecule has 1 nitrogen and oxygen atoms in total. The molecule has 1 aliphatic rings. The van der Waals surface area contributed by atoms with E-state index in [1.54, 1.807) is 0 Å². The quantitative estimate of drug-likeness (QED) is 0.621. The zero-order chi connectivity index (χ0) is 8.84. The van der Waals surface area contributed by atoms with Gasteiger partial charge in [-0.25, -0.2) is 0 Å². The van der Waals surface area contributed by atoms with Crippen molar-refractivity contribution in [2.75, 3.05) is 0 Å². The minimum absolute atomic E-state index is 0.860. The average molecular weight is 171 g/mol. The third-order valence-corrected chi connectivity index (χ3v) is 2.92. The molecule has 2 aromatic rings. The molecule has 1 aliphatic carbocycles. The molecule has 0 amide bonds. The van der Waals surface area contributed by atoms with Crippen LogP contribution in [0.4, 0.5) is 0 Å². The van der Waals surface area contributed by atoms with Crippen LogP contribution in [-0.2, 0) is 0 Å². The minimum Gasteiger partial charge on any atom is -0.323 e. The van der Waals surface area contributed by atoms with Gasteiger partial charge in [-0.3, -0.25) is 0 Å². The lowest BCUT2D eigenvalue weighted by atomic mass is 10.2. The molecule has 0 unspecified atom stereocenters. The molecular weight excluding hydrogens is 158 g/mol. The van der Waals surface area contributed by atoms with E-state index in [-0.39, 0.29) is 0 Å². The van der Waals surface area contributed by atoms with Gasteiger partial charge in [0.1, 0.15) is 0 Å². The summed E-state index contributed by atoms with van der Waals surface area (Å²) in [5.41, 5.74) is 4.26. The highest BCUT2D eigenvalue weighted by atomic mass is 14.9. The van der Waals surface area contributed by atoms with E-state index in [0.29, 0.717) is 0 Å². The second-order valence-electron chi connectivity index (χ2n) is 4.03. The third kappa shape index (κ3) is 1.07. The Hall–Kier alpha value is -1.24. The molecule has 0 saturated heterocycles. The van der Waals surface area contributed by atoms with Gasteiger partial charge in [0, 0.05) is 17.9 Å². The average Bonchev–Trinajstić information content (AvgIpc) is 2.87. The lowest BCUT2D eigenvalue weighted by Gasteiger charge is -1.95. The minimum atomic E-state index is 0.860. The van der Waals surface area contributed by atoms with E-state index < -0.39 is 0 Å². The fraction of sp³-hybridized carbons (Fsp3) is 0.333. The Morgan fingerprint density at radius 1 is 1.38 bits per heavy atom. The van der Waals surface area contributed by atoms with Crippen molar-refractivity contribution in [3.63, 3.8) is 0 Å². The van der Waals surface area contributed by atoms with E-state index in [1.165, 1.54) is 29.5 Å². The predicted molar refractivity (Wildman–Crippen MR) is 54.1 cm³/mol. The number of hydrogen-bond acceptors (Lipinski definition) is 0. The molecule has 1 heteroatoms. The first-order chi connectivity index (χ1) is 6.34. The van der Waals surface area contributed by atoms with E-state index in [4.69, 9.17) is 0 Å². The van der Waals surface area contributed by atoms with Crippen LogP contribution < -0.4 is 0 Å². The van der Waals surface area contributed by atoms with Gasteiger partial charge in [-0.05, 0) is 48.9 Å². The smallest absolute Gasteiger partial charge is 0.0482 e. The molecule has 0 aliphatic heterocycles. The van der Waals surface area contributed by atoms with Gasteiger partial charge in [0.2, 0.25) is 0 Å². The Morgan fingerprint density at radius 3 is 2.92 bits per heavy atom. The van der Waals surface area contributed by atoms with Crippen LogP contribution in [0.2, 0.25) is 0 Å². The van der Waals surface area contributed by atoms with E-state index in [9.17, 15) is 0 Å². The molecule has 0 atom stereocenters. The van der Waals surface area contributed by atoms with Gasteiger partial charge in [0.05, 0.1) is 0 Å². The van der Waals surface area contributed by atoms with Gasteiger partial charge < -0.3 is 4.40 Å². The lowest BCUT2D eigenvalue weighted by molar-refractivity contribution is 1.10. The molecule has 0 N–H and O–H groups in total. The number of hydrogen-bond donors (Lipinski definition) is 0. The molecule has 3 rings (SSSR count). The van der Waals surface area contributed by atoms with Crippen molar-refractivity contribution < 1.29 is 0 Å². The standard InChI is InChI=1S/C12H13N/c1-9-3-2-6-13-8-11(7-12(9)13)10-4-5-10/h2-3,6-8,10H,4-5H2,1H3. The molecule has 0 spiro atoms. The maximum atomic E-state index is 2.34. The highest BCUT2D eigenvalue weighted by Crippen LogP contribution is 2.40. The zero-order valence-corrected chi connectivity index (χ0v) is 7.83. The number of aromatic nitrogens is 1. The van der Waals surface area contributed by atoms with Crippen molar-refractivity contribution in [1.82, 2.24) is 4.40 Å². The third-order valence-electron chi connectivity index (χ3n) is 2.92. The molecule has 2 aromatic heterocycles. The molecular formula is C12H13N. The monoisotopic (exact) mass is 171 g/mol. The summed E-state index contributed by atoms with van der Waals surface area (Å²) in [6, 6.07) is 6.62. The maximum Gasteiger partial charge on any atom is 0.0482 e. The maximum absolute atomic E-state index is 2.34. The van der Waals surface area contributed by atoms with Crippen molar-refractivity contribution >= 4 is 5.52 Å². The Morgan fingerprint density at radius 2 is 2.23 bits per heavy atom. The van der Waals surface area contributed by atoms with E-state index in [0.717, 1.165) is 5.92 Å². The summed E-state index contributed by atoms with van der Waals surface area (Å²) >= 11 is 0. The van der Waals surface area contributed by atoms with Gasteiger partial charge in [-0.2, -0.15) is 0 Å². The van der Waals surface area contributed by atoms with Crippen LogP contribution in [0.25, 0.3) is 5.52 Å². The predicted octanol–water partition coefficient (Wildman–Crippen LogP) is 3.13. The zero-order valence-electron chi connectivity index (χ0n) is 7.83. The number of pyridine rings is 1. The number of rotatable bonds is 1. The second kappa shape index (κ2) is 2.38. The van der Waals surface area contributed by atoms with Crippen molar-refractivity contribution in [1.29, 1.82) is 0 Å². The van der Waals surface area contributed by atoms with Crippen LogP contribution in [-0.4, -0.2) is 4.40 Å². The van der Waals surface area contributed by atoms with E-state index in [1.807, 2.05) is 0 Å². The van der Waals surface area contributed by atoms with Crippen LogP contribution in [0.3, 0.4) is 0 Å². The Labute approximate surface area is 78.0 Å². The Kier molecular flexibility index (Phi) is 1.32. The first kappa shape index (κ1) is 7.19. The summed E-state index contributed by atoms with van der Waals surface area (Å²) in [4.78, 5) is 0. The first-order valence-electron chi connectivity index (χ1n) is 4.92. The summed E-state index contributed by atoms with van der Waals surface area (Å²) in [7, 11) is 0. The van der Waals surface area contributed by atoms with Crippen molar-refractivity contribution in [2.45, 2.75) is 25.7 Å². The van der Waals surface area contributed by atoms with Gasteiger partial charge in [0.25, 0.3) is 0 Å². The first-order valence-corrected chi connectivity index (χ1v) is 4.92. The van der Waals surface area contributed by atoms with Gasteiger partial charge in [-0.15, -0.1) is 0 Å². The molecule has 0 aromatic carbocycles. The summed E-state index contributed by atoms with van der Waals surface area (Å²) < 4.78 is 2.24. The van der Waals surface area contributed by atoms with Crippen molar-refractivity contribution in [3.8, 4) is 0 Å². The summed E-state index contributed by atoms with van der Waals surface area (Å²) in [5.74, 6) is 0.860. The van der Waals surface area contributed by atoms with Crippen LogP contribution in [0.1, 0.15) is 29.9 Å². The van der Waals surface area contributed by atoms with Crippen molar-refractivity contribution in [3.05, 3.63) is 41.7 Å². The SMILES string of the molecule is Cc1cccn2cc(C3CC3)cc12. The Balaban J connectivity index is 2.26. The molecule has 2 heterocycles. The fourth-order valence-corrected chi connectivity index (χ4v) is 1.95. The molecule has 66 valence electrons. The second-order valence-corrected chi connectivity index (χ2v) is 4.03. The fourth-order valence-electron chi connectivity index (χ4n) is 1.95. The normalized spacial score (nSPS) is 16.7. The van der Waals surface area contributed by atoms with Crippen LogP contribution in [0, 0.1) is 6.92 Å². The largest absolute Gasteiger partial charge is 0.323 e. The van der Waals surface area contributed by atoms with E-state index in [2.05, 4.69) is 41.9 Å². The molecule has 0 bridgehead atoms. The molecule has 0 radical (unpaired) electrons. The number of fused-ring (bicyclic) bond motifs is 1. The summed E-state index contributed by atoms with van der Waals surface area (Å²) in [6.45, 7) is 2.17. The lowest BCUT2D eigenvalue weighted by Crippen LogP contribution is -1.82. The molecule has 13 heavy (non-hydrogen) atoms. The van der Waals surface area contributed by atoms with E-state index >= 15 is 0 Å². The topological polar surface area (TPSA) is 4.41 Å². The van der Waals surface area contributed by atoms with Crippen molar-refractivity contribution in [2.24, 2.45) is 0 Å². The highest BCUT2D eigenvalue weighted by molar-refractivity contribution is 5.57. The number of aryl methyl sites for hydroxylation is 1. The Bertz CT molecular complexity index is 449. The van der Waals surface area contributed by atoms with Crippen LogP contribution in [0.5, 0.6) is 0 Å². The highest BCUT2D eigenvalue weighted by Gasteiger charge is 2.24. The van der Waals surface area contributed by atoms with Gasteiger partial charge in [-0.1, -0.05) is 6.07 Å². The number of nitrogens with zero attached hydrogens (tertiary/aromatic N) is 1. The summed E-state index contributed by atoms with van der Waals surface area (Å²) in [6.07, 6.45) is 7.18. The molecule has 1 fully saturated rings. The van der Waals surface area contributed by atoms with Crippen LogP contribution in [0.15, 0.2) is 30.6 Å². The van der Waals surface area contributed by atoms with Gasteiger partial charge >= 0.3 is 0 Å². The van der Waals surface area contributed by atoms with Crippen LogP contribution >= 0.6 is 0 Å². The summed E-state index contributed by atoms with van der Waals surface area (Å²) in [5, 5.41) is 0.